The maximum Gasteiger partial charge on any atom is 0.242 e. The lowest BCUT2D eigenvalue weighted by molar-refractivity contribution is -0.146. The van der Waals surface area contributed by atoms with Crippen molar-refractivity contribution < 1.29 is 14.4 Å². The summed E-state index contributed by atoms with van der Waals surface area (Å²) in [5, 5.41) is 8.52. The molecular formula is C15H21N3O3. The fourth-order valence-electron chi connectivity index (χ4n) is 3.29. The van der Waals surface area contributed by atoms with Crippen molar-refractivity contribution in [2.75, 3.05) is 20.1 Å². The molecule has 0 N–H and O–H groups in total. The normalized spacial score (nSPS) is 27.7. The van der Waals surface area contributed by atoms with Gasteiger partial charge in [0.05, 0.1) is 24.3 Å². The van der Waals surface area contributed by atoms with E-state index in [1.807, 2.05) is 6.07 Å². The molecule has 0 bridgehead atoms. The van der Waals surface area contributed by atoms with Crippen LogP contribution in [0.5, 0.6) is 0 Å². The van der Waals surface area contributed by atoms with Gasteiger partial charge in [-0.15, -0.1) is 0 Å². The second kappa shape index (κ2) is 6.25. The van der Waals surface area contributed by atoms with Crippen LogP contribution < -0.4 is 0 Å². The number of carbonyl (C=O) groups excluding carboxylic acids is 3. The second-order valence-corrected chi connectivity index (χ2v) is 5.94. The molecule has 0 aromatic rings. The standard InChI is InChI=1S/C15H21N3O3/c1-3-10-7-11-12(8-10)15(21)18(14(11)20)9-13(19)17(2)6-4-5-16/h10-12H,3-4,6-9H2,1-2H3. The molecule has 21 heavy (non-hydrogen) atoms. The van der Waals surface area contributed by atoms with E-state index in [1.54, 1.807) is 7.05 Å². The van der Waals surface area contributed by atoms with Gasteiger partial charge in [-0.2, -0.15) is 5.26 Å². The molecule has 2 rings (SSSR count). The van der Waals surface area contributed by atoms with Gasteiger partial charge in [0.2, 0.25) is 17.7 Å². The van der Waals surface area contributed by atoms with Gasteiger partial charge in [-0.3, -0.25) is 19.3 Å². The Morgan fingerprint density at radius 3 is 2.38 bits per heavy atom. The molecule has 6 nitrogen and oxygen atoms in total. The van der Waals surface area contributed by atoms with Crippen molar-refractivity contribution in [3.8, 4) is 6.07 Å². The largest absolute Gasteiger partial charge is 0.343 e. The molecular weight excluding hydrogens is 270 g/mol. The molecule has 1 aliphatic heterocycles. The lowest BCUT2D eigenvalue weighted by Gasteiger charge is -2.21. The number of imide groups is 1. The third-order valence-corrected chi connectivity index (χ3v) is 4.68. The maximum atomic E-state index is 12.3. The molecule has 0 aromatic carbocycles. The highest BCUT2D eigenvalue weighted by atomic mass is 16.2. The highest BCUT2D eigenvalue weighted by Crippen LogP contribution is 2.44. The van der Waals surface area contributed by atoms with Crippen LogP contribution in [0.1, 0.15) is 32.6 Å². The highest BCUT2D eigenvalue weighted by molar-refractivity contribution is 6.07. The quantitative estimate of drug-likeness (QED) is 0.701. The first-order valence-electron chi connectivity index (χ1n) is 7.45. The van der Waals surface area contributed by atoms with Gasteiger partial charge < -0.3 is 4.90 Å². The van der Waals surface area contributed by atoms with Crippen LogP contribution in [0.4, 0.5) is 0 Å². The SMILES string of the molecule is CCC1CC2C(=O)N(CC(=O)N(C)CCC#N)C(=O)C2C1. The van der Waals surface area contributed by atoms with E-state index >= 15 is 0 Å². The zero-order chi connectivity index (χ0) is 15.6. The fourth-order valence-corrected chi connectivity index (χ4v) is 3.29. The molecule has 6 heteroatoms. The number of rotatable bonds is 5. The van der Waals surface area contributed by atoms with Crippen LogP contribution in [0.2, 0.25) is 0 Å². The summed E-state index contributed by atoms with van der Waals surface area (Å²) in [6, 6.07) is 1.97. The van der Waals surface area contributed by atoms with Crippen molar-refractivity contribution in [1.29, 1.82) is 5.26 Å². The molecule has 0 aromatic heterocycles. The third kappa shape index (κ3) is 2.92. The Balaban J connectivity index is 1.97. The average molecular weight is 291 g/mol. The van der Waals surface area contributed by atoms with Gasteiger partial charge in [0.25, 0.3) is 0 Å². The molecule has 114 valence electrons. The first-order valence-corrected chi connectivity index (χ1v) is 7.45. The average Bonchev–Trinajstić information content (AvgIpc) is 3.00. The van der Waals surface area contributed by atoms with Crippen LogP contribution in [-0.4, -0.2) is 47.7 Å². The summed E-state index contributed by atoms with van der Waals surface area (Å²) in [5.41, 5.74) is 0. The van der Waals surface area contributed by atoms with Crippen LogP contribution in [0.25, 0.3) is 0 Å². The Morgan fingerprint density at radius 1 is 1.33 bits per heavy atom. The molecule has 2 fully saturated rings. The first kappa shape index (κ1) is 15.5. The van der Waals surface area contributed by atoms with Gasteiger partial charge in [-0.25, -0.2) is 0 Å². The van der Waals surface area contributed by atoms with Crippen molar-refractivity contribution in [3.63, 3.8) is 0 Å². The predicted molar refractivity (Wildman–Crippen MR) is 74.6 cm³/mol. The molecule has 2 unspecified atom stereocenters. The van der Waals surface area contributed by atoms with E-state index in [2.05, 4.69) is 6.92 Å². The predicted octanol–water partition coefficient (Wildman–Crippen LogP) is 0.780. The molecule has 1 saturated carbocycles. The number of carbonyl (C=O) groups is 3. The van der Waals surface area contributed by atoms with Gasteiger partial charge in [0, 0.05) is 13.6 Å². The third-order valence-electron chi connectivity index (χ3n) is 4.68. The smallest absolute Gasteiger partial charge is 0.242 e. The van der Waals surface area contributed by atoms with Gasteiger partial charge >= 0.3 is 0 Å². The lowest BCUT2D eigenvalue weighted by atomic mass is 10.00. The summed E-state index contributed by atoms with van der Waals surface area (Å²) in [5.74, 6) is -0.673. The van der Waals surface area contributed by atoms with Crippen LogP contribution in [0, 0.1) is 29.1 Å². The zero-order valence-electron chi connectivity index (χ0n) is 12.5. The minimum absolute atomic E-state index is 0.191. The Morgan fingerprint density at radius 2 is 1.90 bits per heavy atom. The maximum absolute atomic E-state index is 12.3. The number of hydrogen-bond donors (Lipinski definition) is 0. The number of likely N-dealkylation sites (tertiary alicyclic amines) is 1. The Labute approximate surface area is 124 Å². The van der Waals surface area contributed by atoms with Crippen molar-refractivity contribution in [1.82, 2.24) is 9.80 Å². The molecule has 3 amide bonds. The summed E-state index contributed by atoms with van der Waals surface area (Å²) in [6.45, 7) is 2.20. The molecule has 1 saturated heterocycles. The van der Waals surface area contributed by atoms with Gasteiger partial charge in [-0.05, 0) is 18.8 Å². The summed E-state index contributed by atoms with van der Waals surface area (Å²) in [7, 11) is 1.58. The topological polar surface area (TPSA) is 81.5 Å². The summed E-state index contributed by atoms with van der Waals surface area (Å²) < 4.78 is 0. The number of amides is 3. The zero-order valence-corrected chi connectivity index (χ0v) is 12.5. The summed E-state index contributed by atoms with van der Waals surface area (Å²) in [6.07, 6.45) is 2.76. The van der Waals surface area contributed by atoms with Crippen molar-refractivity contribution >= 4 is 17.7 Å². The Hall–Kier alpha value is -1.90. The first-order chi connectivity index (χ1) is 9.99. The van der Waals surface area contributed by atoms with Crippen molar-refractivity contribution in [3.05, 3.63) is 0 Å². The summed E-state index contributed by atoms with van der Waals surface area (Å²) >= 11 is 0. The molecule has 2 atom stereocenters. The molecule has 1 aliphatic carbocycles. The number of fused-ring (bicyclic) bond motifs is 1. The van der Waals surface area contributed by atoms with Gasteiger partial charge in [0.1, 0.15) is 6.54 Å². The van der Waals surface area contributed by atoms with Crippen LogP contribution in [-0.2, 0) is 14.4 Å². The molecule has 0 radical (unpaired) electrons. The molecule has 2 aliphatic rings. The van der Waals surface area contributed by atoms with E-state index in [-0.39, 0.29) is 42.5 Å². The molecule has 1 heterocycles. The van der Waals surface area contributed by atoms with E-state index in [0.29, 0.717) is 12.5 Å². The van der Waals surface area contributed by atoms with Gasteiger partial charge in [-0.1, -0.05) is 13.3 Å². The fraction of sp³-hybridized carbons (Fsp3) is 0.733. The monoisotopic (exact) mass is 291 g/mol. The van der Waals surface area contributed by atoms with E-state index < -0.39 is 0 Å². The van der Waals surface area contributed by atoms with E-state index in [0.717, 1.165) is 24.2 Å². The van der Waals surface area contributed by atoms with E-state index in [1.165, 1.54) is 4.90 Å². The van der Waals surface area contributed by atoms with E-state index in [4.69, 9.17) is 5.26 Å². The van der Waals surface area contributed by atoms with Crippen molar-refractivity contribution in [2.24, 2.45) is 17.8 Å². The Bertz CT molecular complexity index is 473. The summed E-state index contributed by atoms with van der Waals surface area (Å²) in [4.78, 5) is 39.1. The second-order valence-electron chi connectivity index (χ2n) is 5.94. The van der Waals surface area contributed by atoms with Crippen LogP contribution >= 0.6 is 0 Å². The van der Waals surface area contributed by atoms with E-state index in [9.17, 15) is 14.4 Å². The number of hydrogen-bond acceptors (Lipinski definition) is 4. The minimum Gasteiger partial charge on any atom is -0.343 e. The van der Waals surface area contributed by atoms with Gasteiger partial charge in [0.15, 0.2) is 0 Å². The minimum atomic E-state index is -0.293. The molecule has 0 spiro atoms. The van der Waals surface area contributed by atoms with Crippen LogP contribution in [0.3, 0.4) is 0 Å². The highest BCUT2D eigenvalue weighted by Gasteiger charge is 2.52. The number of nitriles is 1. The number of likely N-dealkylation sites (N-methyl/N-ethyl adjacent to an activating group) is 1. The Kier molecular flexibility index (Phi) is 4.61. The number of nitrogens with zero attached hydrogens (tertiary/aromatic N) is 3. The van der Waals surface area contributed by atoms with Crippen LogP contribution in [0.15, 0.2) is 0 Å². The van der Waals surface area contributed by atoms with Crippen molar-refractivity contribution in [2.45, 2.75) is 32.6 Å². The lowest BCUT2D eigenvalue weighted by Crippen LogP contribution is -2.42.